The van der Waals surface area contributed by atoms with Gasteiger partial charge in [0.1, 0.15) is 0 Å². The fourth-order valence-electron chi connectivity index (χ4n) is 1.44. The van der Waals surface area contributed by atoms with E-state index in [0.717, 1.165) is 0 Å². The predicted octanol–water partition coefficient (Wildman–Crippen LogP) is -1.45. The molecule has 0 heterocycles. The van der Waals surface area contributed by atoms with Crippen LogP contribution < -0.4 is 10.2 Å². The van der Waals surface area contributed by atoms with Crippen LogP contribution in [0.4, 0.5) is 0 Å². The molecule has 0 aromatic heterocycles. The van der Waals surface area contributed by atoms with Crippen molar-refractivity contribution in [2.45, 2.75) is 33.6 Å². The molecule has 0 bridgehead atoms. The summed E-state index contributed by atoms with van der Waals surface area (Å²) in [6.45, 7) is 4.81. The number of carboxylic acids is 2. The third kappa shape index (κ3) is 3.27. The summed E-state index contributed by atoms with van der Waals surface area (Å²) in [5.74, 6) is -3.63. The van der Waals surface area contributed by atoms with Crippen LogP contribution in [0.2, 0.25) is 0 Å². The summed E-state index contributed by atoms with van der Waals surface area (Å²) in [4.78, 5) is 21.5. The fourth-order valence-corrected chi connectivity index (χ4v) is 1.44. The van der Waals surface area contributed by atoms with Gasteiger partial charge in [-0.05, 0) is 12.3 Å². The van der Waals surface area contributed by atoms with Gasteiger partial charge in [-0.25, -0.2) is 0 Å². The summed E-state index contributed by atoms with van der Waals surface area (Å²) in [6, 6.07) is 0. The van der Waals surface area contributed by atoms with Crippen molar-refractivity contribution >= 4 is 60.8 Å². The van der Waals surface area contributed by atoms with E-state index in [9.17, 15) is 19.8 Å². The van der Waals surface area contributed by atoms with Crippen molar-refractivity contribution in [3.05, 3.63) is 0 Å². The summed E-state index contributed by atoms with van der Waals surface area (Å²) in [5, 5.41) is 21.5. The number of carboxylic acid groups (broad SMARTS) is 2. The Morgan fingerprint density at radius 1 is 1.21 bits per heavy atom. The molecule has 0 aliphatic carbocycles. The molecular formula is C9H14BaO4. The molecule has 0 rings (SSSR count). The van der Waals surface area contributed by atoms with Crippen LogP contribution in [0, 0.1) is 11.3 Å². The Labute approximate surface area is 124 Å². The second-order valence-corrected chi connectivity index (χ2v) is 3.45. The van der Waals surface area contributed by atoms with Gasteiger partial charge in [-0.15, -0.1) is 0 Å². The van der Waals surface area contributed by atoms with Crippen molar-refractivity contribution in [2.24, 2.45) is 11.3 Å². The summed E-state index contributed by atoms with van der Waals surface area (Å²) in [7, 11) is 0. The first-order valence-electron chi connectivity index (χ1n) is 4.32. The van der Waals surface area contributed by atoms with Gasteiger partial charge in [0.05, 0.1) is 17.4 Å². The van der Waals surface area contributed by atoms with Gasteiger partial charge in [-0.3, -0.25) is 0 Å². The van der Waals surface area contributed by atoms with E-state index in [1.165, 1.54) is 0 Å². The maximum Gasteiger partial charge on any atom is 2.00 e. The standard InChI is InChI=1S/C9H16O4.Ba/c1-4-5-9(6(2)3,7(10)11)8(12)13;/h6H,4-5H2,1-3H3,(H,10,11)(H,12,13);/q;+2/p-2. The van der Waals surface area contributed by atoms with Crippen LogP contribution >= 0.6 is 0 Å². The SMILES string of the molecule is CCCC(C(=O)[O-])(C(=O)[O-])C(C)C.[Ba+2]. The molecule has 0 aromatic rings. The minimum atomic E-state index is -1.84. The molecule has 4 nitrogen and oxygen atoms in total. The first-order chi connectivity index (χ1) is 5.89. The molecule has 0 aliphatic rings. The molecule has 0 radical (unpaired) electrons. The van der Waals surface area contributed by atoms with E-state index in [2.05, 4.69) is 0 Å². The first-order valence-corrected chi connectivity index (χ1v) is 4.32. The molecule has 0 amide bonds. The normalized spacial score (nSPS) is 10.9. The molecule has 0 spiro atoms. The maximum atomic E-state index is 10.8. The van der Waals surface area contributed by atoms with E-state index in [-0.39, 0.29) is 55.3 Å². The van der Waals surface area contributed by atoms with E-state index in [4.69, 9.17) is 0 Å². The topological polar surface area (TPSA) is 80.3 Å². The Morgan fingerprint density at radius 2 is 1.57 bits per heavy atom. The Kier molecular flexibility index (Phi) is 8.34. The van der Waals surface area contributed by atoms with Crippen LogP contribution in [0.15, 0.2) is 0 Å². The smallest absolute Gasteiger partial charge is 0.549 e. The van der Waals surface area contributed by atoms with Crippen LogP contribution in [0.5, 0.6) is 0 Å². The molecule has 76 valence electrons. The number of rotatable bonds is 5. The third-order valence-corrected chi connectivity index (χ3v) is 2.36. The van der Waals surface area contributed by atoms with Crippen molar-refractivity contribution in [1.82, 2.24) is 0 Å². The molecule has 0 saturated carbocycles. The zero-order chi connectivity index (χ0) is 10.6. The van der Waals surface area contributed by atoms with E-state index in [1.54, 1.807) is 20.8 Å². The van der Waals surface area contributed by atoms with E-state index < -0.39 is 23.3 Å². The predicted molar refractivity (Wildman–Crippen MR) is 47.9 cm³/mol. The van der Waals surface area contributed by atoms with Gasteiger partial charge in [0, 0.05) is 0 Å². The van der Waals surface area contributed by atoms with Gasteiger partial charge < -0.3 is 19.8 Å². The third-order valence-electron chi connectivity index (χ3n) is 2.36. The van der Waals surface area contributed by atoms with Crippen molar-refractivity contribution in [1.29, 1.82) is 0 Å². The Morgan fingerprint density at radius 3 is 1.64 bits per heavy atom. The fraction of sp³-hybridized carbons (Fsp3) is 0.778. The van der Waals surface area contributed by atoms with Crippen molar-refractivity contribution in [3.63, 3.8) is 0 Å². The summed E-state index contributed by atoms with van der Waals surface area (Å²) in [5.41, 5.74) is -1.84. The van der Waals surface area contributed by atoms with Gasteiger partial charge in [-0.2, -0.15) is 0 Å². The van der Waals surface area contributed by atoms with Crippen LogP contribution in [0.25, 0.3) is 0 Å². The van der Waals surface area contributed by atoms with Gasteiger partial charge in [0.25, 0.3) is 0 Å². The molecule has 14 heavy (non-hydrogen) atoms. The average Bonchev–Trinajstić information content (AvgIpc) is 1.97. The van der Waals surface area contributed by atoms with Crippen LogP contribution in [-0.4, -0.2) is 60.8 Å². The van der Waals surface area contributed by atoms with E-state index in [0.29, 0.717) is 6.42 Å². The van der Waals surface area contributed by atoms with Crippen molar-refractivity contribution in [3.8, 4) is 0 Å². The number of carbonyl (C=O) groups excluding carboxylic acids is 2. The second kappa shape index (κ2) is 6.90. The number of aliphatic carboxylic acids is 2. The van der Waals surface area contributed by atoms with Crippen LogP contribution in [0.1, 0.15) is 33.6 Å². The van der Waals surface area contributed by atoms with Gasteiger partial charge in [-0.1, -0.05) is 27.2 Å². The second-order valence-electron chi connectivity index (χ2n) is 3.45. The summed E-state index contributed by atoms with van der Waals surface area (Å²) >= 11 is 0. The average molecular weight is 324 g/mol. The molecule has 0 aromatic carbocycles. The molecule has 5 heteroatoms. The van der Waals surface area contributed by atoms with Crippen molar-refractivity contribution < 1.29 is 19.8 Å². The zero-order valence-corrected chi connectivity index (χ0v) is 13.3. The monoisotopic (exact) mass is 324 g/mol. The quantitative estimate of drug-likeness (QED) is 0.458. The van der Waals surface area contributed by atoms with Crippen molar-refractivity contribution in [2.75, 3.05) is 0 Å². The van der Waals surface area contributed by atoms with Crippen LogP contribution in [-0.2, 0) is 9.59 Å². The van der Waals surface area contributed by atoms with Gasteiger partial charge >= 0.3 is 48.9 Å². The molecule has 0 N–H and O–H groups in total. The summed E-state index contributed by atoms with van der Waals surface area (Å²) < 4.78 is 0. The molecule has 0 atom stereocenters. The number of hydrogen-bond donors (Lipinski definition) is 0. The van der Waals surface area contributed by atoms with E-state index in [1.807, 2.05) is 0 Å². The Bertz CT molecular complexity index is 199. The minimum absolute atomic E-state index is 0. The molecule has 0 fully saturated rings. The molecule has 0 unspecified atom stereocenters. The Hall–Kier alpha value is 0.511. The number of carbonyl (C=O) groups is 2. The van der Waals surface area contributed by atoms with Crippen LogP contribution in [0.3, 0.4) is 0 Å². The first kappa shape index (κ1) is 16.9. The largest absolute Gasteiger partial charge is 2.00 e. The number of hydrogen-bond acceptors (Lipinski definition) is 4. The van der Waals surface area contributed by atoms with E-state index >= 15 is 0 Å². The van der Waals surface area contributed by atoms with Gasteiger partial charge in [0.2, 0.25) is 0 Å². The Balaban J connectivity index is 0. The minimum Gasteiger partial charge on any atom is -0.549 e. The van der Waals surface area contributed by atoms with Gasteiger partial charge in [0.15, 0.2) is 0 Å². The molecule has 0 saturated heterocycles. The molecule has 0 aliphatic heterocycles. The maximum absolute atomic E-state index is 10.8. The zero-order valence-electron chi connectivity index (χ0n) is 8.83. The molecular weight excluding hydrogens is 309 g/mol. The summed E-state index contributed by atoms with van der Waals surface area (Å²) in [6.07, 6.45) is 0.523.